The van der Waals surface area contributed by atoms with Crippen molar-refractivity contribution in [3.05, 3.63) is 70.5 Å². The van der Waals surface area contributed by atoms with Gasteiger partial charge in [-0.2, -0.15) is 0 Å². The molecule has 0 aliphatic rings. The summed E-state index contributed by atoms with van der Waals surface area (Å²) in [5.41, 5.74) is 5.60. The molecule has 4 aromatic rings. The van der Waals surface area contributed by atoms with Crippen LogP contribution in [0.5, 0.6) is 0 Å². The molecule has 0 saturated heterocycles. The highest BCUT2D eigenvalue weighted by molar-refractivity contribution is 7.98. The number of fused-ring (bicyclic) bond motifs is 1. The molecule has 2 aromatic heterocycles. The van der Waals surface area contributed by atoms with E-state index in [4.69, 9.17) is 4.42 Å². The second-order valence-electron chi connectivity index (χ2n) is 5.63. The maximum Gasteiger partial charge on any atom is 0.256 e. The smallest absolute Gasteiger partial charge is 0.256 e. The van der Waals surface area contributed by atoms with E-state index in [0.717, 1.165) is 21.9 Å². The van der Waals surface area contributed by atoms with Gasteiger partial charge in [0.2, 0.25) is 0 Å². The number of aryl methyl sites for hydroxylation is 1. The van der Waals surface area contributed by atoms with Crippen LogP contribution in [0.2, 0.25) is 0 Å². The van der Waals surface area contributed by atoms with Crippen molar-refractivity contribution in [3.8, 4) is 0 Å². The van der Waals surface area contributed by atoms with Crippen LogP contribution in [0.15, 0.2) is 62.7 Å². The van der Waals surface area contributed by atoms with E-state index in [0.29, 0.717) is 22.7 Å². The summed E-state index contributed by atoms with van der Waals surface area (Å²) in [6.07, 6.45) is 0. The summed E-state index contributed by atoms with van der Waals surface area (Å²) < 4.78 is 5.47. The Hall–Kier alpha value is -2.64. The number of hydrogen-bond donors (Lipinski definition) is 1. The average Bonchev–Trinajstić information content (AvgIpc) is 3.28. The van der Waals surface area contributed by atoms with Crippen molar-refractivity contribution < 1.29 is 9.21 Å². The van der Waals surface area contributed by atoms with Crippen LogP contribution in [-0.2, 0) is 5.75 Å². The minimum absolute atomic E-state index is 0.147. The van der Waals surface area contributed by atoms with E-state index in [1.54, 1.807) is 30.0 Å². The van der Waals surface area contributed by atoms with E-state index in [1.807, 2.05) is 53.4 Å². The molecule has 26 heavy (non-hydrogen) atoms. The van der Waals surface area contributed by atoms with Gasteiger partial charge in [-0.1, -0.05) is 12.1 Å². The lowest BCUT2D eigenvalue weighted by atomic mass is 10.2. The number of nitrogens with one attached hydrogen (secondary N) is 1. The molecule has 0 aliphatic heterocycles. The number of benzene rings is 2. The third-order valence-corrected chi connectivity index (χ3v) is 5.49. The molecule has 4 rings (SSSR count). The van der Waals surface area contributed by atoms with Crippen LogP contribution in [0, 0.1) is 6.92 Å². The molecule has 0 radical (unpaired) electrons. The number of oxazole rings is 1. The van der Waals surface area contributed by atoms with Gasteiger partial charge < -0.3 is 9.73 Å². The summed E-state index contributed by atoms with van der Waals surface area (Å²) >= 11 is 3.18. The topological polar surface area (TPSA) is 68.0 Å². The number of carbonyl (C=O) groups excluding carboxylic acids is 1. The Kier molecular flexibility index (Phi) is 4.73. The van der Waals surface area contributed by atoms with Crippen LogP contribution in [-0.4, -0.2) is 15.9 Å². The molecule has 1 amide bonds. The quantitative estimate of drug-likeness (QED) is 0.485. The summed E-state index contributed by atoms with van der Waals surface area (Å²) in [5.74, 6) is 1.19. The monoisotopic (exact) mass is 381 g/mol. The summed E-state index contributed by atoms with van der Waals surface area (Å²) in [5, 5.41) is 4.96. The highest BCUT2D eigenvalue weighted by Gasteiger charge is 2.13. The van der Waals surface area contributed by atoms with Crippen molar-refractivity contribution in [1.82, 2.24) is 9.97 Å². The zero-order valence-electron chi connectivity index (χ0n) is 13.9. The second kappa shape index (κ2) is 7.31. The van der Waals surface area contributed by atoms with Crippen LogP contribution in [0.3, 0.4) is 0 Å². The van der Waals surface area contributed by atoms with E-state index in [9.17, 15) is 4.79 Å². The fourth-order valence-corrected chi connectivity index (χ4v) is 4.18. The van der Waals surface area contributed by atoms with Crippen LogP contribution in [0.1, 0.15) is 21.9 Å². The number of hydrogen-bond acceptors (Lipinski definition) is 6. The number of nitrogens with zero attached hydrogens (tertiary/aromatic N) is 2. The SMILES string of the molecule is Cc1nc2cc(NC(=O)c3ccccc3SCc3cscn3)ccc2o1. The Balaban J connectivity index is 1.53. The molecular weight excluding hydrogens is 366 g/mol. The lowest BCUT2D eigenvalue weighted by molar-refractivity contribution is 0.102. The summed E-state index contributed by atoms with van der Waals surface area (Å²) in [6, 6.07) is 13.0. The van der Waals surface area contributed by atoms with Gasteiger partial charge in [-0.3, -0.25) is 4.79 Å². The van der Waals surface area contributed by atoms with Crippen LogP contribution >= 0.6 is 23.1 Å². The van der Waals surface area contributed by atoms with Crippen LogP contribution < -0.4 is 5.32 Å². The van der Waals surface area contributed by atoms with E-state index in [1.165, 1.54) is 0 Å². The molecule has 0 saturated carbocycles. The number of thioether (sulfide) groups is 1. The number of aromatic nitrogens is 2. The first-order valence-corrected chi connectivity index (χ1v) is 9.89. The van der Waals surface area contributed by atoms with Gasteiger partial charge in [0.15, 0.2) is 11.5 Å². The van der Waals surface area contributed by atoms with Gasteiger partial charge in [0.25, 0.3) is 5.91 Å². The third-order valence-electron chi connectivity index (χ3n) is 3.74. The predicted octanol–water partition coefficient (Wildman–Crippen LogP) is 5.14. The molecule has 7 heteroatoms. The molecule has 0 aliphatic carbocycles. The van der Waals surface area contributed by atoms with Crippen molar-refractivity contribution in [2.45, 2.75) is 17.6 Å². The van der Waals surface area contributed by atoms with Gasteiger partial charge in [-0.25, -0.2) is 9.97 Å². The lowest BCUT2D eigenvalue weighted by Gasteiger charge is -2.09. The van der Waals surface area contributed by atoms with Crippen LogP contribution in [0.25, 0.3) is 11.1 Å². The van der Waals surface area contributed by atoms with E-state index in [2.05, 4.69) is 15.3 Å². The third kappa shape index (κ3) is 3.63. The molecule has 2 heterocycles. The van der Waals surface area contributed by atoms with Crippen molar-refractivity contribution in [1.29, 1.82) is 0 Å². The fraction of sp³-hybridized carbons (Fsp3) is 0.105. The maximum absolute atomic E-state index is 12.8. The number of rotatable bonds is 5. The normalized spacial score (nSPS) is 11.0. The summed E-state index contributed by atoms with van der Waals surface area (Å²) in [6.45, 7) is 1.80. The summed E-state index contributed by atoms with van der Waals surface area (Å²) in [7, 11) is 0. The number of thiazole rings is 1. The van der Waals surface area contributed by atoms with E-state index in [-0.39, 0.29) is 5.91 Å². The number of carbonyl (C=O) groups is 1. The molecule has 0 unspecified atom stereocenters. The molecule has 0 bridgehead atoms. The van der Waals surface area contributed by atoms with Crippen molar-refractivity contribution in [3.63, 3.8) is 0 Å². The summed E-state index contributed by atoms with van der Waals surface area (Å²) in [4.78, 5) is 22.3. The average molecular weight is 381 g/mol. The van der Waals surface area contributed by atoms with Gasteiger partial charge in [0, 0.05) is 28.6 Å². The first-order chi connectivity index (χ1) is 12.7. The molecule has 2 aromatic carbocycles. The zero-order valence-corrected chi connectivity index (χ0v) is 15.6. The van der Waals surface area contributed by atoms with E-state index >= 15 is 0 Å². The zero-order chi connectivity index (χ0) is 17.9. The van der Waals surface area contributed by atoms with Crippen molar-refractivity contribution >= 4 is 45.8 Å². The molecular formula is C19H15N3O2S2. The molecule has 1 N–H and O–H groups in total. The molecule has 0 fully saturated rings. The van der Waals surface area contributed by atoms with Crippen LogP contribution in [0.4, 0.5) is 5.69 Å². The largest absolute Gasteiger partial charge is 0.441 e. The molecule has 0 spiro atoms. The Labute approximate surface area is 158 Å². The lowest BCUT2D eigenvalue weighted by Crippen LogP contribution is -2.12. The first-order valence-electron chi connectivity index (χ1n) is 7.96. The highest BCUT2D eigenvalue weighted by atomic mass is 32.2. The second-order valence-corrected chi connectivity index (χ2v) is 7.37. The number of amides is 1. The Morgan fingerprint density at radius 2 is 2.15 bits per heavy atom. The van der Waals surface area contributed by atoms with Crippen molar-refractivity contribution in [2.24, 2.45) is 0 Å². The Morgan fingerprint density at radius 3 is 3.00 bits per heavy atom. The predicted molar refractivity (Wildman–Crippen MR) is 105 cm³/mol. The van der Waals surface area contributed by atoms with E-state index < -0.39 is 0 Å². The minimum atomic E-state index is -0.147. The molecule has 0 atom stereocenters. The maximum atomic E-state index is 12.8. The molecule has 5 nitrogen and oxygen atoms in total. The standard InChI is InChI=1S/C19H15N3O2S2/c1-12-21-16-8-13(6-7-17(16)24-12)22-19(23)15-4-2-3-5-18(15)26-10-14-9-25-11-20-14/h2-9,11H,10H2,1H3,(H,22,23). The molecule has 130 valence electrons. The first kappa shape index (κ1) is 16.8. The Morgan fingerprint density at radius 1 is 1.27 bits per heavy atom. The number of anilines is 1. The Bertz CT molecular complexity index is 1060. The fourth-order valence-electron chi connectivity index (χ4n) is 2.56. The highest BCUT2D eigenvalue weighted by Crippen LogP contribution is 2.27. The van der Waals surface area contributed by atoms with Gasteiger partial charge in [0.05, 0.1) is 16.8 Å². The van der Waals surface area contributed by atoms with Gasteiger partial charge in [-0.15, -0.1) is 23.1 Å². The van der Waals surface area contributed by atoms with Gasteiger partial charge in [-0.05, 0) is 30.3 Å². The van der Waals surface area contributed by atoms with Gasteiger partial charge in [0.1, 0.15) is 5.52 Å². The van der Waals surface area contributed by atoms with Crippen molar-refractivity contribution in [2.75, 3.05) is 5.32 Å². The van der Waals surface area contributed by atoms with Gasteiger partial charge >= 0.3 is 0 Å². The minimum Gasteiger partial charge on any atom is -0.441 e.